The predicted molar refractivity (Wildman–Crippen MR) is 56.9 cm³/mol. The summed E-state index contributed by atoms with van der Waals surface area (Å²) in [6.45, 7) is 1.63. The average Bonchev–Trinajstić information content (AvgIpc) is 2.25. The molecule has 0 bridgehead atoms. The molecule has 3 nitrogen and oxygen atoms in total. The van der Waals surface area contributed by atoms with Crippen molar-refractivity contribution < 1.29 is 13.2 Å². The Morgan fingerprint density at radius 3 is 2.25 bits per heavy atom. The van der Waals surface area contributed by atoms with Crippen molar-refractivity contribution >= 4 is 17.6 Å². The summed E-state index contributed by atoms with van der Waals surface area (Å²) in [5.41, 5.74) is 0.201. The van der Waals surface area contributed by atoms with Crippen LogP contribution in [-0.4, -0.2) is 11.9 Å². The minimum atomic E-state index is -4.32. The number of rotatable bonds is 2. The topological polar surface area (TPSA) is 50.7 Å². The van der Waals surface area contributed by atoms with Crippen molar-refractivity contribution in [3.63, 3.8) is 0 Å². The van der Waals surface area contributed by atoms with Gasteiger partial charge >= 0.3 is 6.18 Å². The third-order valence-corrected chi connectivity index (χ3v) is 1.80. The highest BCUT2D eigenvalue weighted by atomic mass is 19.4. The van der Waals surface area contributed by atoms with E-state index in [4.69, 9.17) is 5.84 Å². The Kier molecular flexibility index (Phi) is 3.65. The second-order valence-corrected chi connectivity index (χ2v) is 3.07. The minimum absolute atomic E-state index is 0.413. The van der Waals surface area contributed by atoms with Gasteiger partial charge in [-0.3, -0.25) is 4.99 Å². The van der Waals surface area contributed by atoms with Crippen LogP contribution >= 0.6 is 0 Å². The highest BCUT2D eigenvalue weighted by molar-refractivity contribution is 6.29. The van der Waals surface area contributed by atoms with Gasteiger partial charge in [0.25, 0.3) is 0 Å². The summed E-state index contributed by atoms with van der Waals surface area (Å²) < 4.78 is 36.6. The van der Waals surface area contributed by atoms with E-state index in [0.29, 0.717) is 11.4 Å². The molecule has 0 unspecified atom stereocenters. The van der Waals surface area contributed by atoms with Crippen LogP contribution in [0.3, 0.4) is 0 Å². The molecule has 0 aromatic heterocycles. The largest absolute Gasteiger partial charge is 0.416 e. The number of benzene rings is 1. The minimum Gasteiger partial charge on any atom is -0.323 e. The maximum Gasteiger partial charge on any atom is 0.416 e. The lowest BCUT2D eigenvalue weighted by atomic mass is 10.2. The van der Waals surface area contributed by atoms with Gasteiger partial charge in [-0.05, 0) is 31.2 Å². The molecular formula is C10H10F3N3. The number of halogens is 3. The standard InChI is InChI=1S/C10H10F3N3/c1-7(16-14)6-15-9-4-2-8(3-5-9)10(11,12)13/h2-6H,14H2,1H3/b15-6?,16-7-. The van der Waals surface area contributed by atoms with Crippen LogP contribution in [0.25, 0.3) is 0 Å². The fourth-order valence-electron chi connectivity index (χ4n) is 0.938. The SMILES string of the molecule is C/C(C=Nc1ccc(C(F)(F)F)cc1)=N/N. The van der Waals surface area contributed by atoms with E-state index in [1.54, 1.807) is 6.92 Å². The molecule has 0 amide bonds. The Balaban J connectivity index is 2.84. The summed E-state index contributed by atoms with van der Waals surface area (Å²) in [6.07, 6.45) is -2.94. The monoisotopic (exact) mass is 229 g/mol. The van der Waals surface area contributed by atoms with Crippen molar-refractivity contribution in [1.29, 1.82) is 0 Å². The second-order valence-electron chi connectivity index (χ2n) is 3.07. The van der Waals surface area contributed by atoms with E-state index < -0.39 is 11.7 Å². The smallest absolute Gasteiger partial charge is 0.323 e. The first kappa shape index (κ1) is 12.2. The molecule has 0 fully saturated rings. The molecule has 0 aliphatic carbocycles. The lowest BCUT2D eigenvalue weighted by molar-refractivity contribution is -0.137. The summed E-state index contributed by atoms with van der Waals surface area (Å²) in [4.78, 5) is 3.90. The third-order valence-electron chi connectivity index (χ3n) is 1.80. The number of hydrogen-bond donors (Lipinski definition) is 1. The fraction of sp³-hybridized carbons (Fsp3) is 0.200. The predicted octanol–water partition coefficient (Wildman–Crippen LogP) is 2.74. The van der Waals surface area contributed by atoms with Gasteiger partial charge in [0.1, 0.15) is 0 Å². The van der Waals surface area contributed by atoms with E-state index in [9.17, 15) is 13.2 Å². The van der Waals surface area contributed by atoms with Gasteiger partial charge in [-0.2, -0.15) is 18.3 Å². The number of hydrazone groups is 1. The molecule has 0 atom stereocenters. The van der Waals surface area contributed by atoms with Gasteiger partial charge in [0.05, 0.1) is 23.2 Å². The maximum absolute atomic E-state index is 12.2. The molecule has 0 aliphatic heterocycles. The molecule has 6 heteroatoms. The molecule has 1 aromatic carbocycles. The van der Waals surface area contributed by atoms with Gasteiger partial charge in [-0.15, -0.1) is 0 Å². The van der Waals surface area contributed by atoms with Crippen LogP contribution < -0.4 is 5.84 Å². The number of nitrogens with zero attached hydrogens (tertiary/aromatic N) is 2. The van der Waals surface area contributed by atoms with Crippen LogP contribution in [-0.2, 0) is 6.18 Å². The number of aliphatic imine (C=N–C) groups is 1. The molecule has 0 aliphatic rings. The molecule has 2 N–H and O–H groups in total. The van der Waals surface area contributed by atoms with E-state index in [1.165, 1.54) is 18.3 Å². The molecule has 1 aromatic rings. The van der Waals surface area contributed by atoms with Crippen molar-refractivity contribution in [3.8, 4) is 0 Å². The lowest BCUT2D eigenvalue weighted by Gasteiger charge is -2.05. The Morgan fingerprint density at radius 2 is 1.81 bits per heavy atom. The molecule has 0 saturated carbocycles. The average molecular weight is 229 g/mol. The third kappa shape index (κ3) is 3.38. The Morgan fingerprint density at radius 1 is 1.25 bits per heavy atom. The van der Waals surface area contributed by atoms with E-state index in [0.717, 1.165) is 12.1 Å². The lowest BCUT2D eigenvalue weighted by Crippen LogP contribution is -2.03. The van der Waals surface area contributed by atoms with Gasteiger partial charge in [0.2, 0.25) is 0 Å². The van der Waals surface area contributed by atoms with Crippen LogP contribution in [0.15, 0.2) is 34.4 Å². The van der Waals surface area contributed by atoms with Crippen molar-refractivity contribution in [2.45, 2.75) is 13.1 Å². The van der Waals surface area contributed by atoms with E-state index in [-0.39, 0.29) is 0 Å². The Labute approximate surface area is 90.5 Å². The van der Waals surface area contributed by atoms with Gasteiger partial charge < -0.3 is 5.84 Å². The molecule has 0 spiro atoms. The summed E-state index contributed by atoms with van der Waals surface area (Å²) in [5.74, 6) is 4.97. The molecule has 0 heterocycles. The Hall–Kier alpha value is -1.85. The van der Waals surface area contributed by atoms with Crippen LogP contribution in [0, 0.1) is 0 Å². The summed E-state index contributed by atoms with van der Waals surface area (Å²) in [7, 11) is 0. The van der Waals surface area contributed by atoms with Gasteiger partial charge in [-0.25, -0.2) is 0 Å². The second kappa shape index (κ2) is 4.78. The zero-order valence-electron chi connectivity index (χ0n) is 8.49. The van der Waals surface area contributed by atoms with Crippen LogP contribution in [0.1, 0.15) is 12.5 Å². The van der Waals surface area contributed by atoms with Crippen LogP contribution in [0.4, 0.5) is 18.9 Å². The first-order valence-corrected chi connectivity index (χ1v) is 4.39. The summed E-state index contributed by atoms with van der Waals surface area (Å²) >= 11 is 0. The highest BCUT2D eigenvalue weighted by Crippen LogP contribution is 2.30. The maximum atomic E-state index is 12.2. The highest BCUT2D eigenvalue weighted by Gasteiger charge is 2.29. The zero-order chi connectivity index (χ0) is 12.2. The van der Waals surface area contributed by atoms with Crippen molar-refractivity contribution in [1.82, 2.24) is 0 Å². The fourth-order valence-corrected chi connectivity index (χ4v) is 0.938. The molecule has 16 heavy (non-hydrogen) atoms. The molecule has 0 radical (unpaired) electrons. The molecule has 86 valence electrons. The quantitative estimate of drug-likeness (QED) is 0.473. The van der Waals surface area contributed by atoms with Gasteiger partial charge in [0, 0.05) is 0 Å². The first-order chi connectivity index (χ1) is 7.43. The first-order valence-electron chi connectivity index (χ1n) is 4.39. The van der Waals surface area contributed by atoms with Crippen molar-refractivity contribution in [2.75, 3.05) is 0 Å². The van der Waals surface area contributed by atoms with Crippen LogP contribution in [0.2, 0.25) is 0 Å². The van der Waals surface area contributed by atoms with Crippen molar-refractivity contribution in [2.24, 2.45) is 15.9 Å². The molecule has 1 rings (SSSR count). The zero-order valence-corrected chi connectivity index (χ0v) is 8.49. The number of nitrogens with two attached hydrogens (primary N) is 1. The van der Waals surface area contributed by atoms with Gasteiger partial charge in [-0.1, -0.05) is 0 Å². The van der Waals surface area contributed by atoms with Crippen molar-refractivity contribution in [3.05, 3.63) is 29.8 Å². The van der Waals surface area contributed by atoms with E-state index >= 15 is 0 Å². The molecule has 0 saturated heterocycles. The normalized spacial score (nSPS) is 13.4. The Bertz CT molecular complexity index is 404. The van der Waals surface area contributed by atoms with E-state index in [1.807, 2.05) is 0 Å². The number of alkyl halides is 3. The van der Waals surface area contributed by atoms with E-state index in [2.05, 4.69) is 10.1 Å². The number of hydrogen-bond acceptors (Lipinski definition) is 3. The summed E-state index contributed by atoms with van der Waals surface area (Å²) in [5, 5.41) is 3.35. The summed E-state index contributed by atoms with van der Waals surface area (Å²) in [6, 6.07) is 4.51. The van der Waals surface area contributed by atoms with Gasteiger partial charge in [0.15, 0.2) is 0 Å². The molecular weight excluding hydrogens is 219 g/mol. The van der Waals surface area contributed by atoms with Crippen LogP contribution in [0.5, 0.6) is 0 Å².